The topological polar surface area (TPSA) is 38.1 Å². The third-order valence-electron chi connectivity index (χ3n) is 5.14. The molecule has 1 heterocycles. The average molecular weight is 286 g/mol. The maximum Gasteiger partial charge on any atom is 0.0729 e. The van der Waals surface area contributed by atoms with Gasteiger partial charge in [0.15, 0.2) is 0 Å². The highest BCUT2D eigenvalue weighted by Gasteiger charge is 2.29. The van der Waals surface area contributed by atoms with Gasteiger partial charge in [-0.25, -0.2) is 0 Å². The summed E-state index contributed by atoms with van der Waals surface area (Å²) in [7, 11) is 0. The molecule has 1 aliphatic carbocycles. The van der Waals surface area contributed by atoms with Crippen molar-refractivity contribution in [1.82, 2.24) is 9.78 Å². The lowest BCUT2D eigenvalue weighted by Crippen LogP contribution is -2.21. The Morgan fingerprint density at radius 2 is 2.10 bits per heavy atom. The second kappa shape index (κ2) is 6.18. The van der Waals surface area contributed by atoms with Crippen LogP contribution in [-0.4, -0.2) is 21.0 Å². The van der Waals surface area contributed by atoms with Crippen LogP contribution in [0, 0.1) is 11.8 Å². The highest BCUT2D eigenvalue weighted by atomic mass is 16.3. The van der Waals surface area contributed by atoms with Crippen molar-refractivity contribution in [3.63, 3.8) is 0 Å². The fraction of sp³-hybridized carbons (Fsp3) is 0.611. The molecule has 3 heteroatoms. The molecular weight excluding hydrogens is 260 g/mol. The van der Waals surface area contributed by atoms with E-state index in [1.807, 2.05) is 4.68 Å². The molecule has 1 aromatic heterocycles. The highest BCUT2D eigenvalue weighted by molar-refractivity contribution is 5.82. The molecule has 3 nitrogen and oxygen atoms in total. The summed E-state index contributed by atoms with van der Waals surface area (Å²) >= 11 is 0. The van der Waals surface area contributed by atoms with Gasteiger partial charge in [0.25, 0.3) is 0 Å². The van der Waals surface area contributed by atoms with E-state index in [1.54, 1.807) is 0 Å². The van der Waals surface area contributed by atoms with Crippen molar-refractivity contribution in [1.29, 1.82) is 0 Å². The number of benzene rings is 1. The van der Waals surface area contributed by atoms with Crippen LogP contribution >= 0.6 is 0 Å². The largest absolute Gasteiger partial charge is 0.392 e. The van der Waals surface area contributed by atoms with E-state index in [1.165, 1.54) is 36.6 Å². The van der Waals surface area contributed by atoms with E-state index in [0.29, 0.717) is 12.3 Å². The Balaban J connectivity index is 1.78. The minimum absolute atomic E-state index is 0.245. The number of aryl methyl sites for hydroxylation is 1. The van der Waals surface area contributed by atoms with E-state index in [-0.39, 0.29) is 6.10 Å². The molecule has 0 amide bonds. The zero-order valence-corrected chi connectivity index (χ0v) is 13.1. The summed E-state index contributed by atoms with van der Waals surface area (Å²) in [6, 6.07) is 8.35. The van der Waals surface area contributed by atoms with Crippen LogP contribution in [-0.2, 0) is 13.0 Å². The third kappa shape index (κ3) is 2.84. The van der Waals surface area contributed by atoms with Gasteiger partial charge in [-0.2, -0.15) is 5.10 Å². The van der Waals surface area contributed by atoms with Crippen LogP contribution in [0.3, 0.4) is 0 Å². The first-order chi connectivity index (χ1) is 10.2. The second-order valence-corrected chi connectivity index (χ2v) is 6.40. The van der Waals surface area contributed by atoms with Gasteiger partial charge in [-0.3, -0.25) is 4.68 Å². The van der Waals surface area contributed by atoms with Crippen LogP contribution in [0.1, 0.15) is 45.2 Å². The number of fused-ring (bicyclic) bond motifs is 1. The van der Waals surface area contributed by atoms with Gasteiger partial charge in [-0.1, -0.05) is 38.0 Å². The van der Waals surface area contributed by atoms with E-state index in [4.69, 9.17) is 5.10 Å². The van der Waals surface area contributed by atoms with Gasteiger partial charge in [0.1, 0.15) is 0 Å². The van der Waals surface area contributed by atoms with Crippen molar-refractivity contribution in [2.75, 3.05) is 0 Å². The lowest BCUT2D eigenvalue weighted by molar-refractivity contribution is 0.107. The predicted octanol–water partition coefficient (Wildman–Crippen LogP) is 3.79. The summed E-state index contributed by atoms with van der Waals surface area (Å²) in [4.78, 5) is 0. The van der Waals surface area contributed by atoms with E-state index in [9.17, 15) is 5.11 Å². The maximum absolute atomic E-state index is 10.6. The number of hydrogen-bond donors (Lipinski definition) is 1. The molecule has 1 N–H and O–H groups in total. The van der Waals surface area contributed by atoms with Gasteiger partial charge < -0.3 is 5.11 Å². The average Bonchev–Trinajstić information content (AvgIpc) is 3.12. The highest BCUT2D eigenvalue weighted by Crippen LogP contribution is 2.36. The molecular formula is C18H26N2O. The molecule has 1 aliphatic rings. The monoisotopic (exact) mass is 286 g/mol. The summed E-state index contributed by atoms with van der Waals surface area (Å²) in [5.74, 6) is 1.27. The zero-order valence-electron chi connectivity index (χ0n) is 13.1. The van der Waals surface area contributed by atoms with Gasteiger partial charge in [0, 0.05) is 18.4 Å². The Labute approximate surface area is 127 Å². The molecule has 3 unspecified atom stereocenters. The van der Waals surface area contributed by atoms with Crippen molar-refractivity contribution < 1.29 is 5.11 Å². The van der Waals surface area contributed by atoms with E-state index < -0.39 is 0 Å². The molecule has 3 atom stereocenters. The van der Waals surface area contributed by atoms with Gasteiger partial charge in [-0.15, -0.1) is 0 Å². The molecule has 0 radical (unpaired) electrons. The first-order valence-corrected chi connectivity index (χ1v) is 8.35. The number of hydrogen-bond acceptors (Lipinski definition) is 2. The summed E-state index contributed by atoms with van der Waals surface area (Å²) in [5.41, 5.74) is 2.24. The number of aliphatic hydroxyl groups excluding tert-OH is 1. The summed E-state index contributed by atoms with van der Waals surface area (Å²) in [5, 5.41) is 16.5. The summed E-state index contributed by atoms with van der Waals surface area (Å²) < 4.78 is 2.04. The van der Waals surface area contributed by atoms with Gasteiger partial charge in [0.05, 0.1) is 17.3 Å². The number of para-hydroxylation sites is 1. The van der Waals surface area contributed by atoms with Gasteiger partial charge >= 0.3 is 0 Å². The first-order valence-electron chi connectivity index (χ1n) is 8.35. The molecule has 0 bridgehead atoms. The standard InChI is InChI=1S/C18H26N2O/c1-3-13-9-10-14(11-13)18(21)12-16-15-7-5-6-8-17(15)20(4-2)19-16/h5-8,13-14,18,21H,3-4,9-12H2,1-2H3. The molecule has 0 aliphatic heterocycles. The van der Waals surface area contributed by atoms with Crippen LogP contribution < -0.4 is 0 Å². The van der Waals surface area contributed by atoms with Crippen LogP contribution in [0.15, 0.2) is 24.3 Å². The maximum atomic E-state index is 10.6. The lowest BCUT2D eigenvalue weighted by Gasteiger charge is -2.17. The molecule has 0 spiro atoms. The Morgan fingerprint density at radius 1 is 1.29 bits per heavy atom. The van der Waals surface area contributed by atoms with Crippen molar-refractivity contribution in [3.05, 3.63) is 30.0 Å². The number of nitrogens with zero attached hydrogens (tertiary/aromatic N) is 2. The predicted molar refractivity (Wildman–Crippen MR) is 86.2 cm³/mol. The van der Waals surface area contributed by atoms with Crippen LogP contribution in [0.4, 0.5) is 0 Å². The van der Waals surface area contributed by atoms with E-state index in [0.717, 1.165) is 18.2 Å². The minimum Gasteiger partial charge on any atom is -0.392 e. The Bertz CT molecular complexity index is 604. The van der Waals surface area contributed by atoms with Crippen LogP contribution in [0.2, 0.25) is 0 Å². The molecule has 1 fully saturated rings. The first kappa shape index (κ1) is 14.6. The van der Waals surface area contributed by atoms with Crippen LogP contribution in [0.5, 0.6) is 0 Å². The minimum atomic E-state index is -0.245. The fourth-order valence-corrected chi connectivity index (χ4v) is 3.79. The van der Waals surface area contributed by atoms with Crippen molar-refractivity contribution in [2.24, 2.45) is 11.8 Å². The van der Waals surface area contributed by atoms with Gasteiger partial charge in [-0.05, 0) is 37.7 Å². The Morgan fingerprint density at radius 3 is 2.81 bits per heavy atom. The number of aliphatic hydroxyl groups is 1. The number of rotatable bonds is 5. The fourth-order valence-electron chi connectivity index (χ4n) is 3.79. The molecule has 21 heavy (non-hydrogen) atoms. The molecule has 1 aromatic carbocycles. The van der Waals surface area contributed by atoms with E-state index >= 15 is 0 Å². The van der Waals surface area contributed by atoms with Crippen molar-refractivity contribution in [3.8, 4) is 0 Å². The SMILES string of the molecule is CCC1CCC(C(O)Cc2nn(CC)c3ccccc23)C1. The molecule has 114 valence electrons. The van der Waals surface area contributed by atoms with Crippen molar-refractivity contribution >= 4 is 10.9 Å². The Kier molecular flexibility index (Phi) is 4.29. The third-order valence-corrected chi connectivity index (χ3v) is 5.14. The molecule has 3 rings (SSSR count). The Hall–Kier alpha value is -1.35. The second-order valence-electron chi connectivity index (χ2n) is 6.40. The van der Waals surface area contributed by atoms with Crippen molar-refractivity contribution in [2.45, 2.75) is 58.6 Å². The van der Waals surface area contributed by atoms with E-state index in [2.05, 4.69) is 38.1 Å². The number of aromatic nitrogens is 2. The summed E-state index contributed by atoms with van der Waals surface area (Å²) in [6.07, 6.45) is 5.33. The summed E-state index contributed by atoms with van der Waals surface area (Å²) in [6.45, 7) is 5.25. The molecule has 1 saturated carbocycles. The van der Waals surface area contributed by atoms with Gasteiger partial charge in [0.2, 0.25) is 0 Å². The molecule has 0 saturated heterocycles. The lowest BCUT2D eigenvalue weighted by atomic mass is 9.94. The normalized spacial score (nSPS) is 23.8. The zero-order chi connectivity index (χ0) is 14.8. The quantitative estimate of drug-likeness (QED) is 0.908. The van der Waals surface area contributed by atoms with Crippen LogP contribution in [0.25, 0.3) is 10.9 Å². The molecule has 2 aromatic rings. The smallest absolute Gasteiger partial charge is 0.0729 e.